The number of ether oxygens (including phenoxy) is 3. The highest BCUT2D eigenvalue weighted by atomic mass is 32.2. The minimum atomic E-state index is -4.15. The number of carbonyl (C=O) groups excluding carboxylic acids is 1. The molecule has 5 aromatic rings. The van der Waals surface area contributed by atoms with Gasteiger partial charge in [0, 0.05) is 30.1 Å². The Hall–Kier alpha value is -5.20. The van der Waals surface area contributed by atoms with Crippen LogP contribution in [-0.4, -0.2) is 71.2 Å². The Labute approximate surface area is 264 Å². The van der Waals surface area contributed by atoms with Gasteiger partial charge in [-0.2, -0.15) is 26.6 Å². The standard InChI is InChI=1S/C29H25F4N7O6S/c1-15-9-25(46-27-18(30)3-2-4-19(27)31)35-14-23(15)40-28(34)17(13-36-40)26(41)22-10-16-11-24(45-29(32)33)21(12-20(16)37-22)38-47(42,43)39-5-7-44-8-6-39/h2-4,9-14,29,37-38H,5-8,34H2,1H3. The number of nitrogens with one attached hydrogen (secondary N) is 2. The van der Waals surface area contributed by atoms with Crippen LogP contribution in [0.2, 0.25) is 0 Å². The molecule has 0 aliphatic carbocycles. The number of hydrogen-bond acceptors (Lipinski definition) is 9. The minimum Gasteiger partial charge on any atom is -0.433 e. The van der Waals surface area contributed by atoms with Crippen molar-refractivity contribution in [2.24, 2.45) is 0 Å². The van der Waals surface area contributed by atoms with Gasteiger partial charge in [-0.15, -0.1) is 0 Å². The second-order valence-electron chi connectivity index (χ2n) is 10.3. The molecule has 0 radical (unpaired) electrons. The number of benzene rings is 2. The number of para-hydroxylation sites is 1. The molecule has 0 unspecified atom stereocenters. The topological polar surface area (TPSA) is 167 Å². The van der Waals surface area contributed by atoms with E-state index in [1.54, 1.807) is 6.92 Å². The number of aryl methyl sites for hydroxylation is 1. The van der Waals surface area contributed by atoms with Gasteiger partial charge in [0.1, 0.15) is 5.82 Å². The lowest BCUT2D eigenvalue weighted by Crippen LogP contribution is -2.43. The first-order valence-corrected chi connectivity index (χ1v) is 15.3. The number of carbonyl (C=O) groups is 1. The maximum atomic E-state index is 14.0. The fourth-order valence-corrected chi connectivity index (χ4v) is 6.10. The minimum absolute atomic E-state index is 0.00653. The molecule has 2 aromatic carbocycles. The zero-order chi connectivity index (χ0) is 33.5. The normalized spacial score (nSPS) is 14.1. The molecule has 1 aliphatic rings. The number of nitrogens with two attached hydrogens (primary N) is 1. The van der Waals surface area contributed by atoms with Gasteiger partial charge in [-0.25, -0.2) is 18.4 Å². The van der Waals surface area contributed by atoms with Crippen LogP contribution in [0.15, 0.2) is 54.9 Å². The summed E-state index contributed by atoms with van der Waals surface area (Å²) in [4.78, 5) is 20.5. The summed E-state index contributed by atoms with van der Waals surface area (Å²) in [5.74, 6) is -3.68. The molecular formula is C29H25F4N7O6S. The third kappa shape index (κ3) is 6.42. The lowest BCUT2D eigenvalue weighted by Gasteiger charge is -2.26. The first kappa shape index (κ1) is 31.8. The van der Waals surface area contributed by atoms with E-state index in [9.17, 15) is 30.8 Å². The predicted octanol–water partition coefficient (Wildman–Crippen LogP) is 4.53. The Morgan fingerprint density at radius 1 is 1.11 bits per heavy atom. The molecule has 0 saturated carbocycles. The van der Waals surface area contributed by atoms with Crippen molar-refractivity contribution >= 4 is 38.4 Å². The van der Waals surface area contributed by atoms with Gasteiger partial charge >= 0.3 is 16.8 Å². The van der Waals surface area contributed by atoms with Gasteiger partial charge in [0.2, 0.25) is 17.4 Å². The maximum Gasteiger partial charge on any atom is 0.387 e. The van der Waals surface area contributed by atoms with Crippen molar-refractivity contribution in [1.82, 2.24) is 24.1 Å². The monoisotopic (exact) mass is 675 g/mol. The maximum absolute atomic E-state index is 14.0. The Bertz CT molecular complexity index is 2080. The average molecular weight is 676 g/mol. The Morgan fingerprint density at radius 2 is 1.83 bits per heavy atom. The van der Waals surface area contributed by atoms with Crippen LogP contribution in [0.3, 0.4) is 0 Å². The Balaban J connectivity index is 1.27. The van der Waals surface area contributed by atoms with E-state index >= 15 is 0 Å². The summed E-state index contributed by atoms with van der Waals surface area (Å²) in [5.41, 5.74) is 7.06. The molecule has 6 rings (SSSR count). The largest absolute Gasteiger partial charge is 0.433 e. The first-order chi connectivity index (χ1) is 22.4. The highest BCUT2D eigenvalue weighted by Gasteiger charge is 2.27. The van der Waals surface area contributed by atoms with E-state index in [0.717, 1.165) is 16.4 Å². The van der Waals surface area contributed by atoms with Gasteiger partial charge in [-0.1, -0.05) is 6.07 Å². The number of nitrogen functional groups attached to an aromatic ring is 1. The third-order valence-electron chi connectivity index (χ3n) is 7.19. The molecule has 18 heteroatoms. The van der Waals surface area contributed by atoms with Gasteiger partial charge in [0.25, 0.3) is 0 Å². The van der Waals surface area contributed by atoms with Crippen molar-refractivity contribution in [3.05, 3.63) is 83.3 Å². The number of pyridine rings is 1. The molecule has 0 atom stereocenters. The number of alkyl halides is 2. The second kappa shape index (κ2) is 12.5. The highest BCUT2D eigenvalue weighted by Crippen LogP contribution is 2.34. The van der Waals surface area contributed by atoms with E-state index in [0.29, 0.717) is 11.3 Å². The summed E-state index contributed by atoms with van der Waals surface area (Å²) < 4.78 is 100. The van der Waals surface area contributed by atoms with Gasteiger partial charge in [-0.3, -0.25) is 9.52 Å². The number of fused-ring (bicyclic) bond motifs is 1. The summed E-state index contributed by atoms with van der Waals surface area (Å²) in [5, 5.41) is 4.47. The number of aromatic amines is 1. The Kier molecular flexibility index (Phi) is 8.47. The molecule has 4 heterocycles. The van der Waals surface area contributed by atoms with Crippen LogP contribution in [0.1, 0.15) is 21.6 Å². The van der Waals surface area contributed by atoms with E-state index in [1.165, 1.54) is 47.4 Å². The quantitative estimate of drug-likeness (QED) is 0.142. The van der Waals surface area contributed by atoms with E-state index in [4.69, 9.17) is 15.2 Å². The van der Waals surface area contributed by atoms with Gasteiger partial charge < -0.3 is 24.9 Å². The molecule has 0 bridgehead atoms. The zero-order valence-electron chi connectivity index (χ0n) is 24.3. The highest BCUT2D eigenvalue weighted by molar-refractivity contribution is 7.90. The number of nitrogens with zero attached hydrogens (tertiary/aromatic N) is 4. The lowest BCUT2D eigenvalue weighted by atomic mass is 10.1. The van der Waals surface area contributed by atoms with Gasteiger partial charge in [0.05, 0.1) is 48.2 Å². The summed E-state index contributed by atoms with van der Waals surface area (Å²) in [6.07, 6.45) is 2.52. The van der Waals surface area contributed by atoms with Crippen molar-refractivity contribution in [1.29, 1.82) is 0 Å². The molecule has 4 N–H and O–H groups in total. The predicted molar refractivity (Wildman–Crippen MR) is 160 cm³/mol. The number of hydrogen-bond donors (Lipinski definition) is 3. The van der Waals surface area contributed by atoms with Gasteiger partial charge in [0.15, 0.2) is 17.4 Å². The molecular weight excluding hydrogens is 650 g/mol. The summed E-state index contributed by atoms with van der Waals surface area (Å²) in [6, 6.07) is 8.46. The zero-order valence-corrected chi connectivity index (χ0v) is 25.2. The number of anilines is 2. The van der Waals surface area contributed by atoms with E-state index in [1.807, 2.05) is 0 Å². The van der Waals surface area contributed by atoms with Crippen molar-refractivity contribution in [3.63, 3.8) is 0 Å². The molecule has 1 fully saturated rings. The van der Waals surface area contributed by atoms with Crippen molar-refractivity contribution in [2.75, 3.05) is 36.8 Å². The molecule has 3 aromatic heterocycles. The third-order valence-corrected chi connectivity index (χ3v) is 8.72. The smallest absolute Gasteiger partial charge is 0.387 e. The van der Waals surface area contributed by atoms with Crippen molar-refractivity contribution < 1.29 is 45.0 Å². The van der Waals surface area contributed by atoms with Crippen LogP contribution in [0.5, 0.6) is 17.4 Å². The number of aromatic nitrogens is 4. The van der Waals surface area contributed by atoms with Crippen LogP contribution in [0.25, 0.3) is 16.6 Å². The van der Waals surface area contributed by atoms with E-state index < -0.39 is 45.7 Å². The fraction of sp³-hybridized carbons (Fsp3) is 0.207. The van der Waals surface area contributed by atoms with Crippen molar-refractivity contribution in [2.45, 2.75) is 13.5 Å². The van der Waals surface area contributed by atoms with Crippen LogP contribution in [0.4, 0.5) is 29.1 Å². The number of morpholine rings is 1. The number of halogens is 4. The molecule has 246 valence electrons. The molecule has 13 nitrogen and oxygen atoms in total. The number of rotatable bonds is 10. The molecule has 0 spiro atoms. The lowest BCUT2D eigenvalue weighted by molar-refractivity contribution is -0.0492. The average Bonchev–Trinajstić information content (AvgIpc) is 3.62. The molecule has 47 heavy (non-hydrogen) atoms. The molecule has 1 saturated heterocycles. The first-order valence-electron chi connectivity index (χ1n) is 13.9. The molecule has 1 aliphatic heterocycles. The van der Waals surface area contributed by atoms with Crippen molar-refractivity contribution in [3.8, 4) is 23.1 Å². The second-order valence-corrected chi connectivity index (χ2v) is 11.9. The van der Waals surface area contributed by atoms with Crippen LogP contribution < -0.4 is 19.9 Å². The SMILES string of the molecule is Cc1cc(Oc2c(F)cccc2F)ncc1-n1ncc(C(=O)c2cc3cc(OC(F)F)c(NS(=O)(=O)N4CCOCC4)cc3[nH]2)c1N. The van der Waals surface area contributed by atoms with Crippen LogP contribution >= 0.6 is 0 Å². The van der Waals surface area contributed by atoms with Gasteiger partial charge in [-0.05, 0) is 42.8 Å². The summed E-state index contributed by atoms with van der Waals surface area (Å²) >= 11 is 0. The van der Waals surface area contributed by atoms with E-state index in [2.05, 4.69) is 24.5 Å². The Morgan fingerprint density at radius 3 is 2.51 bits per heavy atom. The van der Waals surface area contributed by atoms with E-state index in [-0.39, 0.29) is 65.8 Å². The number of H-pyrrole nitrogens is 1. The van der Waals surface area contributed by atoms with Crippen LogP contribution in [0, 0.1) is 18.6 Å². The number of ketones is 1. The summed E-state index contributed by atoms with van der Waals surface area (Å²) in [7, 11) is -4.15. The molecule has 0 amide bonds. The van der Waals surface area contributed by atoms with Crippen LogP contribution in [-0.2, 0) is 14.9 Å². The summed E-state index contributed by atoms with van der Waals surface area (Å²) in [6.45, 7) is -1.13. The fourth-order valence-electron chi connectivity index (χ4n) is 4.90.